The molecule has 1 aliphatic rings. The van der Waals surface area contributed by atoms with Gasteiger partial charge in [-0.25, -0.2) is 9.78 Å². The van der Waals surface area contributed by atoms with Crippen molar-refractivity contribution >= 4 is 28.5 Å². The van der Waals surface area contributed by atoms with Crippen molar-refractivity contribution in [1.82, 2.24) is 9.88 Å². The van der Waals surface area contributed by atoms with Crippen LogP contribution in [-0.4, -0.2) is 45.7 Å². The third-order valence-corrected chi connectivity index (χ3v) is 6.58. The Labute approximate surface area is 201 Å². The number of aryl methyl sites for hydroxylation is 2. The summed E-state index contributed by atoms with van der Waals surface area (Å²) < 4.78 is 0. The van der Waals surface area contributed by atoms with Crippen LogP contribution in [0.25, 0.3) is 10.9 Å². The number of aromatic nitrogens is 1. The lowest BCUT2D eigenvalue weighted by Gasteiger charge is -2.19. The Morgan fingerprint density at radius 3 is 2.36 bits per heavy atom. The highest BCUT2D eigenvalue weighted by atomic mass is 35.5. The Morgan fingerprint density at radius 2 is 1.76 bits per heavy atom. The van der Waals surface area contributed by atoms with Crippen LogP contribution in [0, 0.1) is 0 Å². The zero-order valence-corrected chi connectivity index (χ0v) is 20.5. The molecule has 0 radical (unpaired) electrons. The second-order valence-electron chi connectivity index (χ2n) is 8.32. The van der Waals surface area contributed by atoms with Gasteiger partial charge in [0.05, 0.1) is 11.2 Å². The number of aromatic carboxylic acids is 1. The van der Waals surface area contributed by atoms with E-state index in [2.05, 4.69) is 25.7 Å². The fourth-order valence-corrected chi connectivity index (χ4v) is 4.66. The molecule has 3 aromatic rings. The Balaban J connectivity index is 0.000000383. The summed E-state index contributed by atoms with van der Waals surface area (Å²) in [5, 5.41) is 21.4. The van der Waals surface area contributed by atoms with Gasteiger partial charge in [-0.1, -0.05) is 56.6 Å². The van der Waals surface area contributed by atoms with Crippen molar-refractivity contribution in [3.8, 4) is 5.75 Å². The van der Waals surface area contributed by atoms with Crippen LogP contribution in [0.2, 0.25) is 5.02 Å². The van der Waals surface area contributed by atoms with Crippen molar-refractivity contribution in [3.05, 3.63) is 69.4 Å². The SMILES string of the molecule is CCN(CC)CC.O=C(O)c1c(O)c(Cc2cccc(Cl)c2)nc2c3c(ccc12)CCCC3. The third kappa shape index (κ3) is 5.84. The van der Waals surface area contributed by atoms with Crippen molar-refractivity contribution in [2.24, 2.45) is 0 Å². The largest absolute Gasteiger partial charge is 0.505 e. The topological polar surface area (TPSA) is 73.7 Å². The molecule has 2 aromatic carbocycles. The van der Waals surface area contributed by atoms with Crippen LogP contribution in [-0.2, 0) is 19.3 Å². The Hall–Kier alpha value is -2.63. The molecule has 5 nitrogen and oxygen atoms in total. The zero-order chi connectivity index (χ0) is 24.0. The van der Waals surface area contributed by atoms with E-state index in [0.29, 0.717) is 28.0 Å². The van der Waals surface area contributed by atoms with Gasteiger partial charge in [-0.15, -0.1) is 0 Å². The van der Waals surface area contributed by atoms with E-state index in [-0.39, 0.29) is 11.3 Å². The molecule has 0 bridgehead atoms. The number of hydrogen-bond donors (Lipinski definition) is 2. The van der Waals surface area contributed by atoms with Gasteiger partial charge in [0.2, 0.25) is 0 Å². The highest BCUT2D eigenvalue weighted by molar-refractivity contribution is 6.30. The van der Waals surface area contributed by atoms with Gasteiger partial charge in [0, 0.05) is 16.8 Å². The lowest BCUT2D eigenvalue weighted by atomic mass is 9.88. The lowest BCUT2D eigenvalue weighted by Crippen LogP contribution is -2.21. The minimum atomic E-state index is -1.14. The molecule has 0 atom stereocenters. The molecular weight excluding hydrogens is 436 g/mol. The molecule has 0 saturated heterocycles. The van der Waals surface area contributed by atoms with E-state index in [0.717, 1.165) is 36.8 Å². The molecule has 0 amide bonds. The molecule has 6 heteroatoms. The van der Waals surface area contributed by atoms with E-state index in [4.69, 9.17) is 16.6 Å². The molecule has 2 N–H and O–H groups in total. The predicted octanol–water partition coefficient (Wildman–Crippen LogP) is 6.11. The van der Waals surface area contributed by atoms with Gasteiger partial charge >= 0.3 is 5.97 Å². The summed E-state index contributed by atoms with van der Waals surface area (Å²) in [6.07, 6.45) is 4.41. The molecule has 4 rings (SSSR count). The molecular formula is C27H33ClN2O3. The number of pyridine rings is 1. The molecule has 0 aliphatic heterocycles. The number of carboxylic acids is 1. The monoisotopic (exact) mass is 468 g/mol. The number of nitrogens with zero attached hydrogens (tertiary/aromatic N) is 2. The van der Waals surface area contributed by atoms with E-state index in [9.17, 15) is 15.0 Å². The third-order valence-electron chi connectivity index (χ3n) is 6.35. The van der Waals surface area contributed by atoms with Crippen molar-refractivity contribution in [2.45, 2.75) is 52.9 Å². The molecule has 0 spiro atoms. The van der Waals surface area contributed by atoms with Crippen molar-refractivity contribution in [1.29, 1.82) is 0 Å². The maximum Gasteiger partial charge on any atom is 0.340 e. The Bertz CT molecular complexity index is 1120. The number of hydrogen-bond acceptors (Lipinski definition) is 4. The molecule has 1 aliphatic carbocycles. The number of aromatic hydroxyl groups is 1. The van der Waals surface area contributed by atoms with Crippen molar-refractivity contribution in [2.75, 3.05) is 19.6 Å². The standard InChI is InChI=1S/C21H18ClNO3.C6H15N/c22-14-6-3-4-12(10-14)11-17-20(24)18(21(25)26)16-9-8-13-5-1-2-7-15(13)19(16)23-17;1-4-7(5-2)6-3/h3-4,6,8-10,24H,1-2,5,7,11H2,(H,25,26);4-6H2,1-3H3. The summed E-state index contributed by atoms with van der Waals surface area (Å²) >= 11 is 6.05. The van der Waals surface area contributed by atoms with Crippen LogP contribution in [0.5, 0.6) is 5.75 Å². The maximum atomic E-state index is 11.9. The Morgan fingerprint density at radius 1 is 1.06 bits per heavy atom. The van der Waals surface area contributed by atoms with Gasteiger partial charge in [0.15, 0.2) is 5.75 Å². The average Bonchev–Trinajstić information content (AvgIpc) is 2.81. The molecule has 1 heterocycles. The zero-order valence-electron chi connectivity index (χ0n) is 19.7. The summed E-state index contributed by atoms with van der Waals surface area (Å²) in [6.45, 7) is 10.1. The van der Waals surface area contributed by atoms with Gasteiger partial charge < -0.3 is 15.1 Å². The van der Waals surface area contributed by atoms with Gasteiger partial charge in [-0.05, 0) is 74.1 Å². The predicted molar refractivity (Wildman–Crippen MR) is 135 cm³/mol. The lowest BCUT2D eigenvalue weighted by molar-refractivity contribution is 0.0695. The van der Waals surface area contributed by atoms with E-state index in [1.54, 1.807) is 18.2 Å². The number of carboxylic acid groups (broad SMARTS) is 1. The quantitative estimate of drug-likeness (QED) is 0.456. The summed E-state index contributed by atoms with van der Waals surface area (Å²) in [4.78, 5) is 18.9. The summed E-state index contributed by atoms with van der Waals surface area (Å²) in [5.74, 6) is -1.40. The van der Waals surface area contributed by atoms with Crippen LogP contribution in [0.1, 0.15) is 66.4 Å². The highest BCUT2D eigenvalue weighted by Crippen LogP contribution is 2.35. The average molecular weight is 469 g/mol. The summed E-state index contributed by atoms with van der Waals surface area (Å²) in [5.41, 5.74) is 4.22. The van der Waals surface area contributed by atoms with E-state index < -0.39 is 5.97 Å². The van der Waals surface area contributed by atoms with E-state index in [1.807, 2.05) is 18.2 Å². The van der Waals surface area contributed by atoms with Crippen LogP contribution in [0.4, 0.5) is 0 Å². The smallest absolute Gasteiger partial charge is 0.340 e. The number of fused-ring (bicyclic) bond motifs is 3. The van der Waals surface area contributed by atoms with Crippen LogP contribution in [0.3, 0.4) is 0 Å². The molecule has 0 fully saturated rings. The number of rotatable bonds is 6. The molecule has 1 aromatic heterocycles. The first kappa shape index (κ1) is 25.0. The number of halogens is 1. The molecule has 33 heavy (non-hydrogen) atoms. The first-order valence-electron chi connectivity index (χ1n) is 11.8. The second kappa shape index (κ2) is 11.5. The van der Waals surface area contributed by atoms with Crippen LogP contribution in [0.15, 0.2) is 36.4 Å². The molecule has 0 saturated carbocycles. The van der Waals surface area contributed by atoms with Gasteiger partial charge in [0.25, 0.3) is 0 Å². The maximum absolute atomic E-state index is 11.9. The van der Waals surface area contributed by atoms with Crippen molar-refractivity contribution in [3.63, 3.8) is 0 Å². The summed E-state index contributed by atoms with van der Waals surface area (Å²) in [7, 11) is 0. The number of carbonyl (C=O) groups is 1. The van der Waals surface area contributed by atoms with Gasteiger partial charge in [0.1, 0.15) is 5.56 Å². The van der Waals surface area contributed by atoms with Gasteiger partial charge in [-0.2, -0.15) is 0 Å². The number of benzene rings is 2. The van der Waals surface area contributed by atoms with Gasteiger partial charge in [-0.3, -0.25) is 0 Å². The molecule has 176 valence electrons. The van der Waals surface area contributed by atoms with E-state index in [1.165, 1.54) is 25.2 Å². The summed E-state index contributed by atoms with van der Waals surface area (Å²) in [6, 6.07) is 11.0. The first-order valence-corrected chi connectivity index (χ1v) is 12.1. The second-order valence-corrected chi connectivity index (χ2v) is 8.76. The van der Waals surface area contributed by atoms with Crippen LogP contribution >= 0.6 is 11.6 Å². The fourth-order valence-electron chi connectivity index (χ4n) is 4.45. The first-order chi connectivity index (χ1) is 15.9. The van der Waals surface area contributed by atoms with E-state index >= 15 is 0 Å². The Kier molecular flexibility index (Phi) is 8.70. The normalized spacial score (nSPS) is 12.9. The van der Waals surface area contributed by atoms with Crippen molar-refractivity contribution < 1.29 is 15.0 Å². The minimum Gasteiger partial charge on any atom is -0.505 e. The minimum absolute atomic E-state index is 0.0691. The fraction of sp³-hybridized carbons (Fsp3) is 0.407. The highest BCUT2D eigenvalue weighted by Gasteiger charge is 2.23. The van der Waals surface area contributed by atoms with Crippen LogP contribution < -0.4 is 0 Å². The molecule has 0 unspecified atom stereocenters.